The molecule has 0 bridgehead atoms. The number of rotatable bonds is 2. The topological polar surface area (TPSA) is 29.6 Å². The minimum atomic E-state index is -0.422. The first-order valence-corrected chi connectivity index (χ1v) is 3.30. The number of Topliss-reactive ketones (excluding diaryl/α,β-unsaturated/α-hetero) is 1. The standard InChI is InChI=1S/C7H12O2/c1-4-6-7(3,9-6)5(2)8/h6H,4H2,1-3H3/t6-,7-/m0/s1. The van der Waals surface area contributed by atoms with E-state index in [4.69, 9.17) is 4.74 Å². The fourth-order valence-electron chi connectivity index (χ4n) is 1.04. The van der Waals surface area contributed by atoms with Crippen LogP contribution < -0.4 is 0 Å². The summed E-state index contributed by atoms with van der Waals surface area (Å²) in [4.78, 5) is 10.8. The zero-order valence-electron chi connectivity index (χ0n) is 6.10. The van der Waals surface area contributed by atoms with E-state index >= 15 is 0 Å². The maximum absolute atomic E-state index is 10.8. The number of carbonyl (C=O) groups excluding carboxylic acids is 1. The van der Waals surface area contributed by atoms with Crippen LogP contribution in [0.5, 0.6) is 0 Å². The van der Waals surface area contributed by atoms with Gasteiger partial charge in [-0.2, -0.15) is 0 Å². The highest BCUT2D eigenvalue weighted by Gasteiger charge is 2.54. The van der Waals surface area contributed by atoms with Gasteiger partial charge in [-0.3, -0.25) is 4.79 Å². The van der Waals surface area contributed by atoms with Gasteiger partial charge in [0, 0.05) is 0 Å². The van der Waals surface area contributed by atoms with Crippen molar-refractivity contribution in [1.82, 2.24) is 0 Å². The lowest BCUT2D eigenvalue weighted by molar-refractivity contribution is -0.121. The number of epoxide rings is 1. The van der Waals surface area contributed by atoms with Crippen molar-refractivity contribution in [2.24, 2.45) is 0 Å². The van der Waals surface area contributed by atoms with Gasteiger partial charge in [-0.05, 0) is 20.3 Å². The Hall–Kier alpha value is -0.370. The molecule has 52 valence electrons. The second-order valence-corrected chi connectivity index (χ2v) is 2.68. The lowest BCUT2D eigenvalue weighted by atomic mass is 10.0. The zero-order valence-corrected chi connectivity index (χ0v) is 6.10. The zero-order chi connectivity index (χ0) is 7.07. The van der Waals surface area contributed by atoms with Crippen molar-refractivity contribution in [3.63, 3.8) is 0 Å². The van der Waals surface area contributed by atoms with Crippen molar-refractivity contribution in [2.75, 3.05) is 0 Å². The number of hydrogen-bond donors (Lipinski definition) is 0. The molecule has 9 heavy (non-hydrogen) atoms. The van der Waals surface area contributed by atoms with E-state index in [0.717, 1.165) is 6.42 Å². The van der Waals surface area contributed by atoms with E-state index in [1.807, 2.05) is 13.8 Å². The number of hydrogen-bond acceptors (Lipinski definition) is 2. The normalized spacial score (nSPS) is 40.6. The number of ketones is 1. The summed E-state index contributed by atoms with van der Waals surface area (Å²) in [5.74, 6) is 0.148. The van der Waals surface area contributed by atoms with Gasteiger partial charge < -0.3 is 4.74 Å². The molecule has 1 heterocycles. The molecule has 2 nitrogen and oxygen atoms in total. The molecule has 0 aromatic carbocycles. The summed E-state index contributed by atoms with van der Waals surface area (Å²) in [6.45, 7) is 5.46. The third kappa shape index (κ3) is 0.874. The van der Waals surface area contributed by atoms with Crippen molar-refractivity contribution >= 4 is 5.78 Å². The lowest BCUT2D eigenvalue weighted by Gasteiger charge is -1.96. The fourth-order valence-corrected chi connectivity index (χ4v) is 1.04. The van der Waals surface area contributed by atoms with Crippen molar-refractivity contribution in [3.8, 4) is 0 Å². The molecule has 0 spiro atoms. The van der Waals surface area contributed by atoms with Gasteiger partial charge in [0.1, 0.15) is 5.60 Å². The summed E-state index contributed by atoms with van der Waals surface area (Å²) in [7, 11) is 0. The molecule has 0 radical (unpaired) electrons. The van der Waals surface area contributed by atoms with Gasteiger partial charge in [0.15, 0.2) is 5.78 Å². The molecule has 1 fully saturated rings. The van der Waals surface area contributed by atoms with E-state index in [1.165, 1.54) is 0 Å². The minimum absolute atomic E-state index is 0.148. The Morgan fingerprint density at radius 3 is 2.44 bits per heavy atom. The summed E-state index contributed by atoms with van der Waals surface area (Å²) in [5, 5.41) is 0. The van der Waals surface area contributed by atoms with Crippen LogP contribution in [0.25, 0.3) is 0 Å². The van der Waals surface area contributed by atoms with Crippen LogP contribution in [-0.4, -0.2) is 17.5 Å². The minimum Gasteiger partial charge on any atom is -0.358 e. The third-order valence-electron chi connectivity index (χ3n) is 2.01. The van der Waals surface area contributed by atoms with Gasteiger partial charge >= 0.3 is 0 Å². The van der Waals surface area contributed by atoms with Gasteiger partial charge in [0.05, 0.1) is 6.10 Å². The van der Waals surface area contributed by atoms with Crippen LogP contribution in [-0.2, 0) is 9.53 Å². The monoisotopic (exact) mass is 128 g/mol. The molecule has 0 N–H and O–H groups in total. The summed E-state index contributed by atoms with van der Waals surface area (Å²) < 4.78 is 5.17. The molecule has 0 aliphatic carbocycles. The van der Waals surface area contributed by atoms with E-state index in [1.54, 1.807) is 6.92 Å². The Balaban J connectivity index is 2.52. The van der Waals surface area contributed by atoms with Crippen LogP contribution in [0.1, 0.15) is 27.2 Å². The van der Waals surface area contributed by atoms with Crippen molar-refractivity contribution in [3.05, 3.63) is 0 Å². The van der Waals surface area contributed by atoms with E-state index < -0.39 is 5.60 Å². The average molecular weight is 128 g/mol. The molecular formula is C7H12O2. The lowest BCUT2D eigenvalue weighted by Crippen LogP contribution is -2.19. The summed E-state index contributed by atoms with van der Waals surface area (Å²) >= 11 is 0. The maximum Gasteiger partial charge on any atom is 0.163 e. The van der Waals surface area contributed by atoms with Gasteiger partial charge in [0.25, 0.3) is 0 Å². The molecule has 0 unspecified atom stereocenters. The Morgan fingerprint density at radius 1 is 1.78 bits per heavy atom. The molecule has 2 heteroatoms. The van der Waals surface area contributed by atoms with E-state index in [9.17, 15) is 4.79 Å². The van der Waals surface area contributed by atoms with E-state index in [-0.39, 0.29) is 11.9 Å². The smallest absolute Gasteiger partial charge is 0.163 e. The van der Waals surface area contributed by atoms with Crippen LogP contribution in [0.4, 0.5) is 0 Å². The Morgan fingerprint density at radius 2 is 2.33 bits per heavy atom. The van der Waals surface area contributed by atoms with Crippen LogP contribution in [0.3, 0.4) is 0 Å². The average Bonchev–Trinajstić information content (AvgIpc) is 2.44. The molecular weight excluding hydrogens is 116 g/mol. The van der Waals surface area contributed by atoms with Gasteiger partial charge in [0.2, 0.25) is 0 Å². The van der Waals surface area contributed by atoms with Gasteiger partial charge in [-0.15, -0.1) is 0 Å². The van der Waals surface area contributed by atoms with Gasteiger partial charge in [-0.25, -0.2) is 0 Å². The first-order chi connectivity index (χ1) is 4.11. The molecule has 0 saturated carbocycles. The third-order valence-corrected chi connectivity index (χ3v) is 2.01. The van der Waals surface area contributed by atoms with E-state index in [2.05, 4.69) is 0 Å². The Labute approximate surface area is 55.2 Å². The molecule has 0 aromatic rings. The molecule has 1 aliphatic rings. The molecule has 2 atom stereocenters. The summed E-state index contributed by atoms with van der Waals surface area (Å²) in [6, 6.07) is 0. The maximum atomic E-state index is 10.8. The highest BCUT2D eigenvalue weighted by molar-refractivity contribution is 5.87. The largest absolute Gasteiger partial charge is 0.358 e. The highest BCUT2D eigenvalue weighted by atomic mass is 16.6. The number of ether oxygens (including phenoxy) is 1. The Kier molecular flexibility index (Phi) is 1.35. The SMILES string of the molecule is CC[C@@H]1O[C@@]1(C)C(C)=O. The predicted molar refractivity (Wildman–Crippen MR) is 34.2 cm³/mol. The summed E-state index contributed by atoms with van der Waals surface area (Å²) in [6.07, 6.45) is 1.13. The van der Waals surface area contributed by atoms with E-state index in [0.29, 0.717) is 0 Å². The Bertz CT molecular complexity index is 142. The van der Waals surface area contributed by atoms with Crippen LogP contribution >= 0.6 is 0 Å². The van der Waals surface area contributed by atoms with Gasteiger partial charge in [-0.1, -0.05) is 6.92 Å². The second kappa shape index (κ2) is 1.81. The predicted octanol–water partition coefficient (Wildman–Crippen LogP) is 1.14. The second-order valence-electron chi connectivity index (χ2n) is 2.68. The highest BCUT2D eigenvalue weighted by Crippen LogP contribution is 2.38. The van der Waals surface area contributed by atoms with Crippen molar-refractivity contribution in [2.45, 2.75) is 38.9 Å². The molecule has 0 aromatic heterocycles. The first-order valence-electron chi connectivity index (χ1n) is 3.30. The first kappa shape index (κ1) is 6.75. The van der Waals surface area contributed by atoms with Crippen molar-refractivity contribution in [1.29, 1.82) is 0 Å². The fraction of sp³-hybridized carbons (Fsp3) is 0.857. The van der Waals surface area contributed by atoms with Crippen LogP contribution in [0.15, 0.2) is 0 Å². The molecule has 1 saturated heterocycles. The molecule has 1 rings (SSSR count). The number of carbonyl (C=O) groups is 1. The van der Waals surface area contributed by atoms with Crippen molar-refractivity contribution < 1.29 is 9.53 Å². The van der Waals surface area contributed by atoms with Crippen LogP contribution in [0, 0.1) is 0 Å². The molecule has 0 amide bonds. The van der Waals surface area contributed by atoms with Crippen LogP contribution in [0.2, 0.25) is 0 Å². The quantitative estimate of drug-likeness (QED) is 0.522. The summed E-state index contributed by atoms with van der Waals surface area (Å²) in [5.41, 5.74) is -0.422. The molecule has 1 aliphatic heterocycles.